The van der Waals surface area contributed by atoms with Gasteiger partial charge < -0.3 is 19.4 Å². The minimum absolute atomic E-state index is 0.808. The second-order valence-corrected chi connectivity index (χ2v) is 10.0. The first-order valence-electron chi connectivity index (χ1n) is 13.9. The van der Waals surface area contributed by atoms with Crippen molar-refractivity contribution in [3.8, 4) is 67.8 Å². The molecule has 0 amide bonds. The Morgan fingerprint density at radius 2 is 0.786 bits per heavy atom. The first-order valence-corrected chi connectivity index (χ1v) is 13.9. The number of H-pyrrole nitrogens is 2. The average Bonchev–Trinajstić information content (AvgIpc) is 3.74. The highest BCUT2D eigenvalue weighted by Crippen LogP contribution is 2.37. The Morgan fingerprint density at radius 1 is 0.357 bits per heavy atom. The lowest BCUT2D eigenvalue weighted by Gasteiger charge is -2.10. The Bertz CT molecular complexity index is 1800. The van der Waals surface area contributed by atoms with E-state index in [1.54, 1.807) is 0 Å². The van der Waals surface area contributed by atoms with Crippen LogP contribution in [-0.2, 0) is 0 Å². The lowest BCUT2D eigenvalue weighted by molar-refractivity contribution is 0.484. The summed E-state index contributed by atoms with van der Waals surface area (Å²) >= 11 is 0. The van der Waals surface area contributed by atoms with Crippen molar-refractivity contribution in [1.29, 1.82) is 0 Å². The van der Waals surface area contributed by atoms with E-state index in [-0.39, 0.29) is 0 Å². The van der Waals surface area contributed by atoms with Crippen LogP contribution in [0.15, 0.2) is 158 Å². The van der Waals surface area contributed by atoms with E-state index in [0.29, 0.717) is 0 Å². The summed E-state index contributed by atoms with van der Waals surface area (Å²) in [6.07, 6.45) is 4.10. The third-order valence-corrected chi connectivity index (χ3v) is 7.19. The standard InChI is InChI=1S/C38H28N2O2/c1-3-14-31(15-4-1)41-37-20-9-7-18-33(37)35-23-29(25-39-35)27-12-11-13-28(22-27)30-24-36(40-26-30)34-19-8-10-21-38(34)42-32-16-5-2-6-17-32/h1-26,39-40H. The second-order valence-electron chi connectivity index (χ2n) is 10.0. The van der Waals surface area contributed by atoms with Crippen molar-refractivity contribution < 1.29 is 9.47 Å². The fourth-order valence-electron chi connectivity index (χ4n) is 5.10. The minimum atomic E-state index is 0.808. The molecule has 202 valence electrons. The minimum Gasteiger partial charge on any atom is -0.457 e. The third-order valence-electron chi connectivity index (χ3n) is 7.19. The van der Waals surface area contributed by atoms with Gasteiger partial charge in [-0.1, -0.05) is 78.9 Å². The quantitative estimate of drug-likeness (QED) is 0.200. The number of aromatic amines is 2. The molecular formula is C38H28N2O2. The van der Waals surface area contributed by atoms with Gasteiger partial charge in [0.05, 0.1) is 0 Å². The van der Waals surface area contributed by atoms with E-state index in [2.05, 4.69) is 58.5 Å². The molecular weight excluding hydrogens is 516 g/mol. The Hall–Kier alpha value is -5.74. The predicted molar refractivity (Wildman–Crippen MR) is 170 cm³/mol. The van der Waals surface area contributed by atoms with Crippen LogP contribution in [-0.4, -0.2) is 9.97 Å². The van der Waals surface area contributed by atoms with Crippen LogP contribution in [0.4, 0.5) is 0 Å². The van der Waals surface area contributed by atoms with E-state index in [1.807, 2.05) is 109 Å². The monoisotopic (exact) mass is 544 g/mol. The molecule has 5 aromatic carbocycles. The highest BCUT2D eigenvalue weighted by atomic mass is 16.5. The fourth-order valence-corrected chi connectivity index (χ4v) is 5.10. The molecule has 0 unspecified atom stereocenters. The van der Waals surface area contributed by atoms with E-state index in [4.69, 9.17) is 9.47 Å². The number of hydrogen-bond donors (Lipinski definition) is 2. The smallest absolute Gasteiger partial charge is 0.136 e. The average molecular weight is 545 g/mol. The molecule has 0 aliphatic rings. The number of nitrogens with one attached hydrogen (secondary N) is 2. The maximum absolute atomic E-state index is 6.20. The van der Waals surface area contributed by atoms with E-state index >= 15 is 0 Å². The third kappa shape index (κ3) is 5.34. The van der Waals surface area contributed by atoms with Crippen molar-refractivity contribution in [2.45, 2.75) is 0 Å². The van der Waals surface area contributed by atoms with Gasteiger partial charge in [-0.2, -0.15) is 0 Å². The maximum Gasteiger partial charge on any atom is 0.136 e. The molecule has 0 saturated carbocycles. The van der Waals surface area contributed by atoms with Gasteiger partial charge in [-0.3, -0.25) is 0 Å². The van der Waals surface area contributed by atoms with E-state index in [1.165, 1.54) is 0 Å². The molecule has 0 aliphatic carbocycles. The molecule has 0 spiro atoms. The first kappa shape index (κ1) is 25.2. The van der Waals surface area contributed by atoms with Crippen LogP contribution in [0, 0.1) is 0 Å². The molecule has 4 nitrogen and oxygen atoms in total. The highest BCUT2D eigenvalue weighted by molar-refractivity contribution is 5.80. The van der Waals surface area contributed by atoms with E-state index < -0.39 is 0 Å². The number of rotatable bonds is 8. The number of ether oxygens (including phenoxy) is 2. The summed E-state index contributed by atoms with van der Waals surface area (Å²) < 4.78 is 12.4. The molecule has 0 fully saturated rings. The molecule has 0 atom stereocenters. The summed E-state index contributed by atoms with van der Waals surface area (Å²) in [5.41, 5.74) is 8.50. The Balaban J connectivity index is 1.15. The lowest BCUT2D eigenvalue weighted by Crippen LogP contribution is -1.87. The van der Waals surface area contributed by atoms with Gasteiger partial charge in [0.25, 0.3) is 0 Å². The highest BCUT2D eigenvalue weighted by Gasteiger charge is 2.13. The molecule has 4 heteroatoms. The lowest BCUT2D eigenvalue weighted by atomic mass is 10.0. The van der Waals surface area contributed by atoms with Gasteiger partial charge in [-0.25, -0.2) is 0 Å². The van der Waals surface area contributed by atoms with Gasteiger partial charge in [-0.05, 0) is 89.0 Å². The van der Waals surface area contributed by atoms with Crippen molar-refractivity contribution in [2.75, 3.05) is 0 Å². The maximum atomic E-state index is 6.20. The van der Waals surface area contributed by atoms with Crippen molar-refractivity contribution in [3.63, 3.8) is 0 Å². The van der Waals surface area contributed by atoms with E-state index in [9.17, 15) is 0 Å². The molecule has 42 heavy (non-hydrogen) atoms. The van der Waals surface area contributed by atoms with Gasteiger partial charge >= 0.3 is 0 Å². The molecule has 0 bridgehead atoms. The summed E-state index contributed by atoms with van der Waals surface area (Å²) in [7, 11) is 0. The van der Waals surface area contributed by atoms with Crippen molar-refractivity contribution in [3.05, 3.63) is 158 Å². The van der Waals surface area contributed by atoms with Crippen LogP contribution in [0.1, 0.15) is 0 Å². The second kappa shape index (κ2) is 11.4. The Labute approximate surface area is 244 Å². The summed E-state index contributed by atoms with van der Waals surface area (Å²) in [5.74, 6) is 3.23. The summed E-state index contributed by atoms with van der Waals surface area (Å²) in [5, 5.41) is 0. The molecule has 2 N–H and O–H groups in total. The zero-order chi connectivity index (χ0) is 28.1. The SMILES string of the molecule is c1ccc(Oc2ccccc2-c2cc(-c3cccc(-c4c[nH]c(-c5ccccc5Oc5ccccc5)c4)c3)c[nH]2)cc1. The Kier molecular flexibility index (Phi) is 6.85. The normalized spacial score (nSPS) is 10.9. The molecule has 0 aliphatic heterocycles. The van der Waals surface area contributed by atoms with Crippen LogP contribution >= 0.6 is 0 Å². The Morgan fingerprint density at radius 3 is 1.26 bits per heavy atom. The van der Waals surface area contributed by atoms with Crippen LogP contribution < -0.4 is 9.47 Å². The molecule has 7 rings (SSSR count). The first-order chi connectivity index (χ1) is 20.8. The summed E-state index contributed by atoms with van der Waals surface area (Å²) in [4.78, 5) is 6.92. The van der Waals surface area contributed by atoms with Gasteiger partial charge in [0.15, 0.2) is 0 Å². The largest absolute Gasteiger partial charge is 0.457 e. The zero-order valence-corrected chi connectivity index (χ0v) is 22.8. The van der Waals surface area contributed by atoms with Gasteiger partial charge in [-0.15, -0.1) is 0 Å². The molecule has 0 saturated heterocycles. The predicted octanol–water partition coefficient (Wildman–Crippen LogP) is 10.6. The fraction of sp³-hybridized carbons (Fsp3) is 0. The molecule has 2 aromatic heterocycles. The zero-order valence-electron chi connectivity index (χ0n) is 22.8. The van der Waals surface area contributed by atoms with Gasteiger partial charge in [0.1, 0.15) is 23.0 Å². The molecule has 2 heterocycles. The van der Waals surface area contributed by atoms with Gasteiger partial charge in [0, 0.05) is 34.9 Å². The van der Waals surface area contributed by atoms with Crippen LogP contribution in [0.2, 0.25) is 0 Å². The van der Waals surface area contributed by atoms with Crippen molar-refractivity contribution in [2.24, 2.45) is 0 Å². The number of hydrogen-bond acceptors (Lipinski definition) is 2. The topological polar surface area (TPSA) is 50.0 Å². The van der Waals surface area contributed by atoms with Gasteiger partial charge in [0.2, 0.25) is 0 Å². The summed E-state index contributed by atoms with van der Waals surface area (Å²) in [6.45, 7) is 0. The van der Waals surface area contributed by atoms with Crippen molar-refractivity contribution >= 4 is 0 Å². The number of benzene rings is 5. The van der Waals surface area contributed by atoms with Crippen LogP contribution in [0.3, 0.4) is 0 Å². The van der Waals surface area contributed by atoms with Crippen LogP contribution in [0.25, 0.3) is 44.8 Å². The van der Waals surface area contributed by atoms with Crippen molar-refractivity contribution in [1.82, 2.24) is 9.97 Å². The molecule has 7 aromatic rings. The number of para-hydroxylation sites is 4. The molecule has 0 radical (unpaired) electrons. The van der Waals surface area contributed by atoms with E-state index in [0.717, 1.165) is 67.8 Å². The summed E-state index contributed by atoms with van der Waals surface area (Å²) in [6, 6.07) is 48.8. The number of aromatic nitrogens is 2. The van der Waals surface area contributed by atoms with Crippen LogP contribution in [0.5, 0.6) is 23.0 Å².